The molecule has 1 aliphatic heterocycles. The topological polar surface area (TPSA) is 66.8 Å². The van der Waals surface area contributed by atoms with Gasteiger partial charge in [0, 0.05) is 19.5 Å². The summed E-state index contributed by atoms with van der Waals surface area (Å²) < 4.78 is 39.9. The Morgan fingerprint density at radius 3 is 2.43 bits per heavy atom. The SMILES string of the molecule is O=C(O)[C@H]1CCN(C(=O)CCc2ccc(OC(F)(F)F)cc2)C1. The molecule has 126 valence electrons. The highest BCUT2D eigenvalue weighted by atomic mass is 19.4. The van der Waals surface area contributed by atoms with Crippen molar-refractivity contribution in [1.82, 2.24) is 4.90 Å². The third-order valence-corrected chi connectivity index (χ3v) is 3.67. The van der Waals surface area contributed by atoms with Gasteiger partial charge in [0.05, 0.1) is 5.92 Å². The molecule has 1 aromatic rings. The zero-order valence-corrected chi connectivity index (χ0v) is 12.2. The molecule has 0 radical (unpaired) electrons. The summed E-state index contributed by atoms with van der Waals surface area (Å²) >= 11 is 0. The van der Waals surface area contributed by atoms with Gasteiger partial charge in [0.2, 0.25) is 5.91 Å². The van der Waals surface area contributed by atoms with Crippen molar-refractivity contribution in [2.75, 3.05) is 13.1 Å². The molecule has 1 aromatic carbocycles. The van der Waals surface area contributed by atoms with Gasteiger partial charge < -0.3 is 14.7 Å². The van der Waals surface area contributed by atoms with Crippen LogP contribution in [0.2, 0.25) is 0 Å². The van der Waals surface area contributed by atoms with Gasteiger partial charge in [0.1, 0.15) is 5.75 Å². The highest BCUT2D eigenvalue weighted by molar-refractivity contribution is 5.78. The quantitative estimate of drug-likeness (QED) is 0.900. The Morgan fingerprint density at radius 1 is 1.26 bits per heavy atom. The van der Waals surface area contributed by atoms with E-state index in [9.17, 15) is 22.8 Å². The van der Waals surface area contributed by atoms with E-state index in [1.165, 1.54) is 29.2 Å². The molecule has 1 N–H and O–H groups in total. The number of carbonyl (C=O) groups excluding carboxylic acids is 1. The fourth-order valence-electron chi connectivity index (χ4n) is 2.46. The first-order chi connectivity index (χ1) is 10.7. The highest BCUT2D eigenvalue weighted by Crippen LogP contribution is 2.23. The molecule has 0 bridgehead atoms. The van der Waals surface area contributed by atoms with E-state index in [0.717, 1.165) is 0 Å². The Bertz CT molecular complexity index is 571. The molecule has 1 amide bonds. The monoisotopic (exact) mass is 331 g/mol. The van der Waals surface area contributed by atoms with Gasteiger partial charge in [-0.15, -0.1) is 13.2 Å². The zero-order valence-electron chi connectivity index (χ0n) is 12.2. The first-order valence-electron chi connectivity index (χ1n) is 7.10. The van der Waals surface area contributed by atoms with Crippen molar-refractivity contribution in [2.24, 2.45) is 5.92 Å². The van der Waals surface area contributed by atoms with Crippen LogP contribution in [0.3, 0.4) is 0 Å². The van der Waals surface area contributed by atoms with Crippen LogP contribution in [0.1, 0.15) is 18.4 Å². The van der Waals surface area contributed by atoms with Crippen LogP contribution in [0.25, 0.3) is 0 Å². The van der Waals surface area contributed by atoms with E-state index in [0.29, 0.717) is 24.9 Å². The van der Waals surface area contributed by atoms with Crippen molar-refractivity contribution in [3.05, 3.63) is 29.8 Å². The Hall–Kier alpha value is -2.25. The zero-order chi connectivity index (χ0) is 17.0. The second-order valence-electron chi connectivity index (χ2n) is 5.36. The van der Waals surface area contributed by atoms with Gasteiger partial charge in [-0.1, -0.05) is 12.1 Å². The van der Waals surface area contributed by atoms with E-state index in [-0.39, 0.29) is 24.6 Å². The van der Waals surface area contributed by atoms with Crippen molar-refractivity contribution in [1.29, 1.82) is 0 Å². The summed E-state index contributed by atoms with van der Waals surface area (Å²) in [4.78, 5) is 24.4. The average Bonchev–Trinajstić information content (AvgIpc) is 2.94. The number of nitrogens with zero attached hydrogens (tertiary/aromatic N) is 1. The molecule has 1 fully saturated rings. The maximum Gasteiger partial charge on any atom is 0.573 e. The van der Waals surface area contributed by atoms with Gasteiger partial charge in [-0.05, 0) is 30.5 Å². The molecule has 2 rings (SSSR count). The maximum absolute atomic E-state index is 12.0. The van der Waals surface area contributed by atoms with Crippen LogP contribution in [-0.4, -0.2) is 41.3 Å². The number of halogens is 3. The molecule has 1 saturated heterocycles. The molecule has 1 atom stereocenters. The van der Waals surface area contributed by atoms with Gasteiger partial charge in [-0.25, -0.2) is 0 Å². The minimum absolute atomic E-state index is 0.149. The molecule has 0 spiro atoms. The van der Waals surface area contributed by atoms with Crippen LogP contribution in [0.5, 0.6) is 5.75 Å². The fourth-order valence-corrected chi connectivity index (χ4v) is 2.46. The molecule has 1 aliphatic rings. The molecular formula is C15H16F3NO4. The van der Waals surface area contributed by atoms with Gasteiger partial charge in [-0.2, -0.15) is 0 Å². The number of hydrogen-bond donors (Lipinski definition) is 1. The molecule has 0 unspecified atom stereocenters. The Kier molecular flexibility index (Phi) is 5.12. The molecule has 0 saturated carbocycles. The smallest absolute Gasteiger partial charge is 0.481 e. The van der Waals surface area contributed by atoms with Crippen LogP contribution in [0.15, 0.2) is 24.3 Å². The Labute approximate surface area is 130 Å². The second kappa shape index (κ2) is 6.89. The van der Waals surface area contributed by atoms with Gasteiger partial charge >= 0.3 is 12.3 Å². The summed E-state index contributed by atoms with van der Waals surface area (Å²) in [5, 5.41) is 8.90. The van der Waals surface area contributed by atoms with Crippen molar-refractivity contribution in [3.8, 4) is 5.75 Å². The normalized spacial score (nSPS) is 18.0. The lowest BCUT2D eigenvalue weighted by Gasteiger charge is -2.15. The number of aliphatic carboxylic acids is 1. The first kappa shape index (κ1) is 17.1. The maximum atomic E-state index is 12.0. The number of hydrogen-bond acceptors (Lipinski definition) is 3. The predicted molar refractivity (Wildman–Crippen MR) is 73.8 cm³/mol. The number of benzene rings is 1. The van der Waals surface area contributed by atoms with E-state index in [4.69, 9.17) is 5.11 Å². The molecule has 5 nitrogen and oxygen atoms in total. The summed E-state index contributed by atoms with van der Waals surface area (Å²) in [5.74, 6) is -1.88. The second-order valence-corrected chi connectivity index (χ2v) is 5.36. The fraction of sp³-hybridized carbons (Fsp3) is 0.467. The third-order valence-electron chi connectivity index (χ3n) is 3.67. The largest absolute Gasteiger partial charge is 0.573 e. The van der Waals surface area contributed by atoms with Crippen LogP contribution < -0.4 is 4.74 Å². The first-order valence-corrected chi connectivity index (χ1v) is 7.10. The van der Waals surface area contributed by atoms with Crippen LogP contribution in [0, 0.1) is 5.92 Å². The molecule has 23 heavy (non-hydrogen) atoms. The average molecular weight is 331 g/mol. The molecule has 1 heterocycles. The van der Waals surface area contributed by atoms with Crippen LogP contribution in [-0.2, 0) is 16.0 Å². The van der Waals surface area contributed by atoms with E-state index < -0.39 is 18.2 Å². The Balaban J connectivity index is 1.82. The summed E-state index contributed by atoms with van der Waals surface area (Å²) in [5.41, 5.74) is 0.710. The number of alkyl halides is 3. The molecular weight excluding hydrogens is 315 g/mol. The lowest BCUT2D eigenvalue weighted by molar-refractivity contribution is -0.274. The van der Waals surface area contributed by atoms with Crippen LogP contribution >= 0.6 is 0 Å². The van der Waals surface area contributed by atoms with E-state index >= 15 is 0 Å². The number of carboxylic acids is 1. The van der Waals surface area contributed by atoms with Gasteiger partial charge in [0.15, 0.2) is 0 Å². The lowest BCUT2D eigenvalue weighted by atomic mass is 10.1. The van der Waals surface area contributed by atoms with Crippen molar-refractivity contribution >= 4 is 11.9 Å². The minimum Gasteiger partial charge on any atom is -0.481 e. The van der Waals surface area contributed by atoms with Crippen molar-refractivity contribution in [3.63, 3.8) is 0 Å². The predicted octanol–water partition coefficient (Wildman–Crippen LogP) is 2.45. The summed E-state index contributed by atoms with van der Waals surface area (Å²) in [6.07, 6.45) is -3.72. The number of carbonyl (C=O) groups is 2. The highest BCUT2D eigenvalue weighted by Gasteiger charge is 2.31. The molecule has 0 aliphatic carbocycles. The number of likely N-dealkylation sites (tertiary alicyclic amines) is 1. The van der Waals surface area contributed by atoms with E-state index in [2.05, 4.69) is 4.74 Å². The summed E-state index contributed by atoms with van der Waals surface area (Å²) in [7, 11) is 0. The van der Waals surface area contributed by atoms with E-state index in [1.807, 2.05) is 0 Å². The van der Waals surface area contributed by atoms with E-state index in [1.54, 1.807) is 0 Å². The Morgan fingerprint density at radius 2 is 1.91 bits per heavy atom. The summed E-state index contributed by atoms with van der Waals surface area (Å²) in [6, 6.07) is 5.34. The molecule has 8 heteroatoms. The number of aryl methyl sites for hydroxylation is 1. The van der Waals surface area contributed by atoms with Crippen molar-refractivity contribution < 1.29 is 32.6 Å². The van der Waals surface area contributed by atoms with Gasteiger partial charge in [-0.3, -0.25) is 9.59 Å². The number of ether oxygens (including phenoxy) is 1. The summed E-state index contributed by atoms with van der Waals surface area (Å²) in [6.45, 7) is 0.640. The minimum atomic E-state index is -4.73. The standard InChI is InChI=1S/C15H16F3NO4/c16-15(17,18)23-12-4-1-10(2-5-12)3-6-13(20)19-8-7-11(9-19)14(21)22/h1-2,4-5,11H,3,6-9H2,(H,21,22)/t11-/m0/s1. The lowest BCUT2D eigenvalue weighted by Crippen LogP contribution is -2.30. The van der Waals surface area contributed by atoms with Gasteiger partial charge in [0.25, 0.3) is 0 Å². The third kappa shape index (κ3) is 5.15. The van der Waals surface area contributed by atoms with Crippen LogP contribution in [0.4, 0.5) is 13.2 Å². The van der Waals surface area contributed by atoms with Crippen molar-refractivity contribution in [2.45, 2.75) is 25.6 Å². The number of carboxylic acid groups (broad SMARTS) is 1. The molecule has 0 aromatic heterocycles. The number of rotatable bonds is 5. The number of amides is 1.